The Labute approximate surface area is 182 Å². The Balaban J connectivity index is 2.04. The topological polar surface area (TPSA) is 70.4 Å². The lowest BCUT2D eigenvalue weighted by molar-refractivity contribution is -0.123. The van der Waals surface area contributed by atoms with Crippen LogP contribution in [0.25, 0.3) is 10.4 Å². The summed E-state index contributed by atoms with van der Waals surface area (Å²) < 4.78 is 5.02. The third-order valence-corrected chi connectivity index (χ3v) is 6.92. The number of hydrogen-bond acceptors (Lipinski definition) is 5. The Bertz CT molecular complexity index is 965. The predicted octanol–water partition coefficient (Wildman–Crippen LogP) is 5.64. The molecule has 0 unspecified atom stereocenters. The van der Waals surface area contributed by atoms with Crippen LogP contribution >= 0.6 is 11.3 Å². The van der Waals surface area contributed by atoms with Crippen LogP contribution in [-0.2, 0) is 9.53 Å². The van der Waals surface area contributed by atoms with Gasteiger partial charge in [0.1, 0.15) is 5.00 Å². The number of nitrogens with zero attached hydrogens (tertiary/aromatic N) is 2. The van der Waals surface area contributed by atoms with Gasteiger partial charge in [-0.2, -0.15) is 5.26 Å². The second kappa shape index (κ2) is 9.44. The number of rotatable bonds is 5. The molecule has 0 spiro atoms. The summed E-state index contributed by atoms with van der Waals surface area (Å²) in [5.41, 5.74) is 1.79. The molecule has 0 bridgehead atoms. The second-order valence-electron chi connectivity index (χ2n) is 8.27. The van der Waals surface area contributed by atoms with Gasteiger partial charge in [0.05, 0.1) is 24.3 Å². The average molecular weight is 425 g/mol. The summed E-state index contributed by atoms with van der Waals surface area (Å²) in [6.45, 7) is 6.18. The minimum atomic E-state index is -0.459. The molecule has 5 nitrogen and oxygen atoms in total. The lowest BCUT2D eigenvalue weighted by Gasteiger charge is -2.33. The Morgan fingerprint density at radius 1 is 1.20 bits per heavy atom. The lowest BCUT2D eigenvalue weighted by atomic mass is 9.82. The molecular weight excluding hydrogens is 396 g/mol. The quantitative estimate of drug-likeness (QED) is 0.582. The summed E-state index contributed by atoms with van der Waals surface area (Å²) in [6.07, 6.45) is 3.89. The Kier molecular flexibility index (Phi) is 6.94. The first kappa shape index (κ1) is 22.0. The monoisotopic (exact) mass is 424 g/mol. The fraction of sp³-hybridized carbons (Fsp3) is 0.458. The van der Waals surface area contributed by atoms with E-state index in [0.717, 1.165) is 36.1 Å². The van der Waals surface area contributed by atoms with E-state index in [4.69, 9.17) is 4.74 Å². The van der Waals surface area contributed by atoms with E-state index in [1.807, 2.05) is 26.0 Å². The third-order valence-electron chi connectivity index (χ3n) is 5.73. The Morgan fingerprint density at radius 3 is 2.50 bits per heavy atom. The van der Waals surface area contributed by atoms with Crippen molar-refractivity contribution in [3.8, 4) is 16.5 Å². The maximum Gasteiger partial charge on any atom is 0.340 e. The van der Waals surface area contributed by atoms with Gasteiger partial charge in [-0.25, -0.2) is 4.79 Å². The van der Waals surface area contributed by atoms with Crippen LogP contribution in [0.15, 0.2) is 30.3 Å². The number of amides is 1. The average Bonchev–Trinajstić information content (AvgIpc) is 3.18. The highest BCUT2D eigenvalue weighted by Gasteiger charge is 2.33. The van der Waals surface area contributed by atoms with Gasteiger partial charge in [0, 0.05) is 16.8 Å². The molecule has 0 atom stereocenters. The molecule has 6 heteroatoms. The zero-order valence-corrected chi connectivity index (χ0v) is 18.8. The van der Waals surface area contributed by atoms with Crippen molar-refractivity contribution in [2.24, 2.45) is 11.8 Å². The van der Waals surface area contributed by atoms with Crippen molar-refractivity contribution in [3.63, 3.8) is 0 Å². The van der Waals surface area contributed by atoms with Crippen LogP contribution in [0.1, 0.15) is 62.4 Å². The molecule has 158 valence electrons. The normalized spacial score (nSPS) is 18.7. The van der Waals surface area contributed by atoms with Crippen molar-refractivity contribution < 1.29 is 14.3 Å². The van der Waals surface area contributed by atoms with Crippen LogP contribution in [0.2, 0.25) is 0 Å². The molecule has 1 aliphatic rings. The van der Waals surface area contributed by atoms with Crippen LogP contribution in [0, 0.1) is 23.2 Å². The van der Waals surface area contributed by atoms with Crippen molar-refractivity contribution in [3.05, 3.63) is 41.5 Å². The number of thiophene rings is 1. The molecule has 3 rings (SSSR count). The largest absolute Gasteiger partial charge is 0.465 e. The number of benzene rings is 1. The molecular formula is C24H28N2O3S. The highest BCUT2D eigenvalue weighted by Crippen LogP contribution is 2.41. The molecule has 30 heavy (non-hydrogen) atoms. The molecule has 0 saturated heterocycles. The molecule has 1 heterocycles. The van der Waals surface area contributed by atoms with Gasteiger partial charge in [-0.15, -0.1) is 11.3 Å². The second-order valence-corrected chi connectivity index (χ2v) is 9.30. The standard InChI is InChI=1S/C24H28N2O3S/c1-15(2)26(22(27)18-10-8-16(3)9-11-18)23-20(24(28)29-4)13-21(30-23)19-7-5-6-17(12-19)14-25/h5-7,12-13,15-16,18H,8-11H2,1-4H3. The SMILES string of the molecule is COC(=O)c1cc(-c2cccc(C#N)c2)sc1N(C(=O)C1CCC(C)CC1)C(C)C. The summed E-state index contributed by atoms with van der Waals surface area (Å²) >= 11 is 1.40. The van der Waals surface area contributed by atoms with Crippen LogP contribution in [0.5, 0.6) is 0 Å². The summed E-state index contributed by atoms with van der Waals surface area (Å²) in [6, 6.07) is 11.1. The van der Waals surface area contributed by atoms with Gasteiger partial charge < -0.3 is 9.64 Å². The maximum atomic E-state index is 13.5. The number of nitriles is 1. The fourth-order valence-corrected chi connectivity index (χ4v) is 5.27. The molecule has 0 N–H and O–H groups in total. The fourth-order valence-electron chi connectivity index (χ4n) is 3.99. The molecule has 1 fully saturated rings. The molecule has 1 saturated carbocycles. The van der Waals surface area contributed by atoms with Gasteiger partial charge in [-0.05, 0) is 69.2 Å². The van der Waals surface area contributed by atoms with E-state index in [2.05, 4.69) is 13.0 Å². The van der Waals surface area contributed by atoms with E-state index < -0.39 is 5.97 Å². The van der Waals surface area contributed by atoms with E-state index in [0.29, 0.717) is 22.0 Å². The zero-order valence-electron chi connectivity index (χ0n) is 18.0. The van der Waals surface area contributed by atoms with E-state index >= 15 is 0 Å². The van der Waals surface area contributed by atoms with E-state index in [1.165, 1.54) is 18.4 Å². The van der Waals surface area contributed by atoms with Gasteiger partial charge in [0.2, 0.25) is 5.91 Å². The zero-order chi connectivity index (χ0) is 21.8. The van der Waals surface area contributed by atoms with Crippen molar-refractivity contribution in [1.82, 2.24) is 0 Å². The van der Waals surface area contributed by atoms with Crippen molar-refractivity contribution in [2.45, 2.75) is 52.5 Å². The number of hydrogen-bond donors (Lipinski definition) is 0. The number of esters is 1. The first-order valence-electron chi connectivity index (χ1n) is 10.4. The maximum absolute atomic E-state index is 13.5. The van der Waals surface area contributed by atoms with Crippen LogP contribution < -0.4 is 4.90 Å². The first-order chi connectivity index (χ1) is 14.3. The summed E-state index contributed by atoms with van der Waals surface area (Å²) in [4.78, 5) is 28.7. The number of carbonyl (C=O) groups is 2. The highest BCUT2D eigenvalue weighted by molar-refractivity contribution is 7.20. The van der Waals surface area contributed by atoms with E-state index in [9.17, 15) is 14.9 Å². The number of anilines is 1. The van der Waals surface area contributed by atoms with Gasteiger partial charge in [0.25, 0.3) is 0 Å². The molecule has 1 aromatic carbocycles. The molecule has 1 aliphatic carbocycles. The third kappa shape index (κ3) is 4.57. The lowest BCUT2D eigenvalue weighted by Crippen LogP contribution is -2.42. The van der Waals surface area contributed by atoms with Crippen molar-refractivity contribution in [1.29, 1.82) is 5.26 Å². The smallest absolute Gasteiger partial charge is 0.340 e. The first-order valence-corrected chi connectivity index (χ1v) is 11.2. The highest BCUT2D eigenvalue weighted by atomic mass is 32.1. The minimum absolute atomic E-state index is 0.0124. The van der Waals surface area contributed by atoms with Gasteiger partial charge in [-0.3, -0.25) is 4.79 Å². The van der Waals surface area contributed by atoms with Crippen molar-refractivity contribution >= 4 is 28.2 Å². The van der Waals surface area contributed by atoms with Gasteiger partial charge >= 0.3 is 5.97 Å². The summed E-state index contributed by atoms with van der Waals surface area (Å²) in [5.74, 6) is 0.273. The molecule has 0 aliphatic heterocycles. The number of methoxy groups -OCH3 is 1. The number of carbonyl (C=O) groups excluding carboxylic acids is 2. The molecule has 0 radical (unpaired) electrons. The molecule has 2 aromatic rings. The summed E-state index contributed by atoms with van der Waals surface area (Å²) in [7, 11) is 1.35. The van der Waals surface area contributed by atoms with Crippen LogP contribution in [-0.4, -0.2) is 25.0 Å². The predicted molar refractivity (Wildman–Crippen MR) is 120 cm³/mol. The van der Waals surface area contributed by atoms with Crippen LogP contribution in [0.4, 0.5) is 5.00 Å². The van der Waals surface area contributed by atoms with E-state index in [1.54, 1.807) is 23.1 Å². The summed E-state index contributed by atoms with van der Waals surface area (Å²) in [5, 5.41) is 9.84. The van der Waals surface area contributed by atoms with Gasteiger partial charge in [-0.1, -0.05) is 19.1 Å². The van der Waals surface area contributed by atoms with E-state index in [-0.39, 0.29) is 17.9 Å². The molecule has 1 amide bonds. The Morgan fingerprint density at radius 2 is 1.90 bits per heavy atom. The van der Waals surface area contributed by atoms with Crippen LogP contribution in [0.3, 0.4) is 0 Å². The Hall–Kier alpha value is -2.65. The minimum Gasteiger partial charge on any atom is -0.465 e. The van der Waals surface area contributed by atoms with Gasteiger partial charge in [0.15, 0.2) is 0 Å². The molecule has 1 aromatic heterocycles. The van der Waals surface area contributed by atoms with Crippen molar-refractivity contribution in [2.75, 3.05) is 12.0 Å². The number of ether oxygens (including phenoxy) is 1.